The highest BCUT2D eigenvalue weighted by Crippen LogP contribution is 2.36. The highest BCUT2D eigenvalue weighted by atomic mass is 127. The van der Waals surface area contributed by atoms with Gasteiger partial charge < -0.3 is 5.32 Å². The molecule has 0 aromatic heterocycles. The van der Waals surface area contributed by atoms with Gasteiger partial charge in [-0.2, -0.15) is 0 Å². The minimum Gasteiger partial charge on any atom is -0.352 e. The van der Waals surface area contributed by atoms with Gasteiger partial charge in [-0.15, -0.1) is 0 Å². The number of alkyl halides is 1. The standard InChI is InChI=1S/C16H12BrClINO/c17-15(13-8-11(18)3-4-14(13)19)10-2-1-9-5-6-20-16(21)12(9)7-10/h1-4,7-8,15H,5-6H2,(H,20,21). The predicted molar refractivity (Wildman–Crippen MR) is 97.4 cm³/mol. The van der Waals surface area contributed by atoms with Gasteiger partial charge in [0.1, 0.15) is 0 Å². The Morgan fingerprint density at radius 3 is 2.86 bits per heavy atom. The molecule has 2 aromatic rings. The maximum atomic E-state index is 12.0. The minimum absolute atomic E-state index is 0.0126. The van der Waals surface area contributed by atoms with Crippen molar-refractivity contribution >= 4 is 56.0 Å². The second-order valence-corrected chi connectivity index (χ2v) is 7.47. The van der Waals surface area contributed by atoms with Crippen LogP contribution in [-0.2, 0) is 6.42 Å². The molecule has 1 atom stereocenters. The molecule has 1 N–H and O–H groups in total. The van der Waals surface area contributed by atoms with Crippen LogP contribution >= 0.6 is 50.1 Å². The van der Waals surface area contributed by atoms with Crippen molar-refractivity contribution in [3.05, 3.63) is 67.2 Å². The van der Waals surface area contributed by atoms with Crippen LogP contribution in [-0.4, -0.2) is 12.5 Å². The van der Waals surface area contributed by atoms with Gasteiger partial charge in [0.15, 0.2) is 0 Å². The van der Waals surface area contributed by atoms with E-state index in [1.165, 1.54) is 0 Å². The topological polar surface area (TPSA) is 29.1 Å². The predicted octanol–water partition coefficient (Wildman–Crippen LogP) is 4.71. The molecule has 0 aliphatic carbocycles. The van der Waals surface area contributed by atoms with E-state index in [-0.39, 0.29) is 10.7 Å². The zero-order valence-corrected chi connectivity index (χ0v) is 15.5. The normalized spacial score (nSPS) is 15.3. The fourth-order valence-corrected chi connectivity index (χ4v) is 4.39. The van der Waals surface area contributed by atoms with E-state index in [9.17, 15) is 4.79 Å². The number of carbonyl (C=O) groups is 1. The van der Waals surface area contributed by atoms with E-state index in [1.807, 2.05) is 24.3 Å². The van der Waals surface area contributed by atoms with Gasteiger partial charge in [-0.3, -0.25) is 4.79 Å². The summed E-state index contributed by atoms with van der Waals surface area (Å²) in [6, 6.07) is 11.9. The van der Waals surface area contributed by atoms with Gasteiger partial charge in [-0.25, -0.2) is 0 Å². The molecule has 1 aliphatic rings. The number of nitrogens with one attached hydrogen (secondary N) is 1. The van der Waals surface area contributed by atoms with Crippen LogP contribution in [0.1, 0.15) is 31.9 Å². The minimum atomic E-state index is 0.0126. The Labute approximate surface area is 150 Å². The van der Waals surface area contributed by atoms with Gasteiger partial charge in [-0.05, 0) is 70.0 Å². The van der Waals surface area contributed by atoms with E-state index < -0.39 is 0 Å². The summed E-state index contributed by atoms with van der Waals surface area (Å²) in [5.41, 5.74) is 4.06. The molecule has 3 rings (SSSR count). The average molecular weight is 477 g/mol. The third-order valence-electron chi connectivity index (χ3n) is 3.58. The van der Waals surface area contributed by atoms with Gasteiger partial charge in [0.2, 0.25) is 0 Å². The van der Waals surface area contributed by atoms with Crippen molar-refractivity contribution in [1.82, 2.24) is 5.32 Å². The molecule has 0 bridgehead atoms. The summed E-state index contributed by atoms with van der Waals surface area (Å²) in [7, 11) is 0. The molecular formula is C16H12BrClINO. The fraction of sp³-hybridized carbons (Fsp3) is 0.188. The second kappa shape index (κ2) is 6.26. The zero-order chi connectivity index (χ0) is 15.0. The SMILES string of the molecule is O=C1NCCc2ccc(C(Br)c3cc(Cl)ccc3I)cc21. The molecule has 1 amide bonds. The molecule has 2 aromatic carbocycles. The second-order valence-electron chi connectivity index (χ2n) is 4.95. The van der Waals surface area contributed by atoms with Crippen molar-refractivity contribution < 1.29 is 4.79 Å². The lowest BCUT2D eigenvalue weighted by atomic mass is 9.95. The van der Waals surface area contributed by atoms with Crippen molar-refractivity contribution in [3.8, 4) is 0 Å². The Bertz CT molecular complexity index is 719. The van der Waals surface area contributed by atoms with E-state index in [4.69, 9.17) is 11.6 Å². The molecule has 1 unspecified atom stereocenters. The van der Waals surface area contributed by atoms with Crippen LogP contribution in [0.3, 0.4) is 0 Å². The molecule has 0 saturated carbocycles. The van der Waals surface area contributed by atoms with Crippen molar-refractivity contribution in [3.63, 3.8) is 0 Å². The summed E-state index contributed by atoms with van der Waals surface area (Å²) in [6.07, 6.45) is 0.892. The Kier molecular flexibility index (Phi) is 4.57. The lowest BCUT2D eigenvalue weighted by molar-refractivity contribution is 0.0946. The van der Waals surface area contributed by atoms with Gasteiger partial charge in [0, 0.05) is 20.7 Å². The molecular weight excluding hydrogens is 464 g/mol. The van der Waals surface area contributed by atoms with Crippen LogP contribution in [0.15, 0.2) is 36.4 Å². The van der Waals surface area contributed by atoms with Gasteiger partial charge in [0.25, 0.3) is 5.91 Å². The molecule has 21 heavy (non-hydrogen) atoms. The highest BCUT2D eigenvalue weighted by molar-refractivity contribution is 14.1. The van der Waals surface area contributed by atoms with Crippen LogP contribution in [0.25, 0.3) is 0 Å². The first kappa shape index (κ1) is 15.3. The Morgan fingerprint density at radius 1 is 1.24 bits per heavy atom. The third kappa shape index (κ3) is 3.12. The molecule has 0 fully saturated rings. The van der Waals surface area contributed by atoms with Crippen molar-refractivity contribution in [2.45, 2.75) is 11.2 Å². The number of carbonyl (C=O) groups excluding carboxylic acids is 1. The first-order valence-corrected chi connectivity index (χ1v) is 8.93. The van der Waals surface area contributed by atoms with Crippen LogP contribution in [0.4, 0.5) is 0 Å². The first-order chi connectivity index (χ1) is 10.1. The van der Waals surface area contributed by atoms with E-state index in [0.29, 0.717) is 5.02 Å². The Balaban J connectivity index is 2.02. The Morgan fingerprint density at radius 2 is 2.05 bits per heavy atom. The highest BCUT2D eigenvalue weighted by Gasteiger charge is 2.20. The Hall–Kier alpha value is -0.590. The molecule has 1 aliphatic heterocycles. The quantitative estimate of drug-likeness (QED) is 0.494. The number of hydrogen-bond donors (Lipinski definition) is 1. The van der Waals surface area contributed by atoms with E-state index in [0.717, 1.165) is 38.8 Å². The molecule has 108 valence electrons. The third-order valence-corrected chi connectivity index (χ3v) is 5.82. The molecule has 0 radical (unpaired) electrons. The van der Waals surface area contributed by atoms with E-state index in [1.54, 1.807) is 0 Å². The van der Waals surface area contributed by atoms with Crippen LogP contribution in [0.2, 0.25) is 5.02 Å². The number of fused-ring (bicyclic) bond motifs is 1. The molecule has 2 nitrogen and oxygen atoms in total. The summed E-state index contributed by atoms with van der Waals surface area (Å²) < 4.78 is 1.14. The molecule has 0 saturated heterocycles. The van der Waals surface area contributed by atoms with Gasteiger partial charge in [0.05, 0.1) is 4.83 Å². The summed E-state index contributed by atoms with van der Waals surface area (Å²) in [5, 5.41) is 3.60. The first-order valence-electron chi connectivity index (χ1n) is 6.56. The number of amides is 1. The fourth-order valence-electron chi connectivity index (χ4n) is 2.48. The smallest absolute Gasteiger partial charge is 0.251 e. The molecule has 5 heteroatoms. The lowest BCUT2D eigenvalue weighted by Gasteiger charge is -2.19. The zero-order valence-electron chi connectivity index (χ0n) is 11.0. The number of rotatable bonds is 2. The molecule has 0 spiro atoms. The number of halogens is 3. The monoisotopic (exact) mass is 475 g/mol. The lowest BCUT2D eigenvalue weighted by Crippen LogP contribution is -2.31. The average Bonchev–Trinajstić information content (AvgIpc) is 2.49. The van der Waals surface area contributed by atoms with E-state index in [2.05, 4.69) is 56.0 Å². The molecule has 1 heterocycles. The summed E-state index contributed by atoms with van der Waals surface area (Å²) in [4.78, 5) is 12.0. The van der Waals surface area contributed by atoms with E-state index >= 15 is 0 Å². The van der Waals surface area contributed by atoms with Crippen molar-refractivity contribution in [2.75, 3.05) is 6.54 Å². The van der Waals surface area contributed by atoms with Crippen molar-refractivity contribution in [1.29, 1.82) is 0 Å². The van der Waals surface area contributed by atoms with Crippen LogP contribution < -0.4 is 5.32 Å². The summed E-state index contributed by atoms with van der Waals surface area (Å²) >= 11 is 12.1. The summed E-state index contributed by atoms with van der Waals surface area (Å²) in [5.74, 6) is 0.0126. The van der Waals surface area contributed by atoms with Crippen molar-refractivity contribution in [2.24, 2.45) is 0 Å². The maximum absolute atomic E-state index is 12.0. The largest absolute Gasteiger partial charge is 0.352 e. The van der Waals surface area contributed by atoms with Gasteiger partial charge in [-0.1, -0.05) is 39.7 Å². The maximum Gasteiger partial charge on any atom is 0.251 e. The number of hydrogen-bond acceptors (Lipinski definition) is 1. The van der Waals surface area contributed by atoms with Crippen LogP contribution in [0, 0.1) is 3.57 Å². The van der Waals surface area contributed by atoms with Crippen LogP contribution in [0.5, 0.6) is 0 Å². The summed E-state index contributed by atoms with van der Waals surface area (Å²) in [6.45, 7) is 0.717. The number of benzene rings is 2. The van der Waals surface area contributed by atoms with Gasteiger partial charge >= 0.3 is 0 Å².